The molecule has 7 nitrogen and oxygen atoms in total. The van der Waals surface area contributed by atoms with Crippen molar-refractivity contribution in [3.8, 4) is 0 Å². The van der Waals surface area contributed by atoms with Crippen molar-refractivity contribution < 1.29 is 22.8 Å². The lowest BCUT2D eigenvalue weighted by atomic mass is 10.1. The molecule has 0 unspecified atom stereocenters. The van der Waals surface area contributed by atoms with Crippen molar-refractivity contribution in [3.05, 3.63) is 53.9 Å². The molecular formula is C21H18F3N5O2S. The smallest absolute Gasteiger partial charge is 0.367 e. The second kappa shape index (κ2) is 7.51. The molecule has 1 aromatic heterocycles. The van der Waals surface area contributed by atoms with Crippen LogP contribution < -0.4 is 10.2 Å². The minimum Gasteiger partial charge on any atom is -0.367 e. The first-order valence-electron chi connectivity index (χ1n) is 10.0. The van der Waals surface area contributed by atoms with Crippen LogP contribution in [0.15, 0.2) is 52.5 Å². The average Bonchev–Trinajstić information content (AvgIpc) is 3.31. The molecule has 3 amide bonds. The van der Waals surface area contributed by atoms with Gasteiger partial charge in [0.15, 0.2) is 0 Å². The third kappa shape index (κ3) is 3.70. The first kappa shape index (κ1) is 20.8. The van der Waals surface area contributed by atoms with E-state index in [1.54, 1.807) is 17.2 Å². The zero-order valence-electron chi connectivity index (χ0n) is 16.7. The largest absolute Gasteiger partial charge is 0.446 e. The summed E-state index contributed by atoms with van der Waals surface area (Å²) in [4.78, 5) is 37.6. The minimum atomic E-state index is -4.40. The Morgan fingerprint density at radius 1 is 1.12 bits per heavy atom. The quantitative estimate of drug-likeness (QED) is 0.545. The molecule has 1 aliphatic carbocycles. The number of halogens is 3. The van der Waals surface area contributed by atoms with Gasteiger partial charge < -0.3 is 10.2 Å². The van der Waals surface area contributed by atoms with Gasteiger partial charge in [0.25, 0.3) is 5.91 Å². The van der Waals surface area contributed by atoms with E-state index in [1.807, 2.05) is 6.07 Å². The van der Waals surface area contributed by atoms with Crippen molar-refractivity contribution in [1.29, 1.82) is 0 Å². The van der Waals surface area contributed by atoms with E-state index in [1.165, 1.54) is 24.3 Å². The van der Waals surface area contributed by atoms with E-state index < -0.39 is 17.1 Å². The number of carbonyl (C=O) groups excluding carboxylic acids is 2. The van der Waals surface area contributed by atoms with Crippen LogP contribution in [-0.4, -0.2) is 51.8 Å². The third-order valence-electron chi connectivity index (χ3n) is 5.67. The Morgan fingerprint density at radius 2 is 1.88 bits per heavy atom. The summed E-state index contributed by atoms with van der Waals surface area (Å²) >= 11 is -0.240. The highest BCUT2D eigenvalue weighted by Crippen LogP contribution is 2.50. The first-order valence-corrected chi connectivity index (χ1v) is 10.8. The maximum Gasteiger partial charge on any atom is 0.446 e. The van der Waals surface area contributed by atoms with Gasteiger partial charge >= 0.3 is 11.5 Å². The number of amidine groups is 1. The number of aliphatic imine (C=N–C) groups is 1. The van der Waals surface area contributed by atoms with E-state index in [4.69, 9.17) is 0 Å². The van der Waals surface area contributed by atoms with Crippen LogP contribution in [0.5, 0.6) is 0 Å². The van der Waals surface area contributed by atoms with Crippen LogP contribution in [0.2, 0.25) is 0 Å². The van der Waals surface area contributed by atoms with Crippen molar-refractivity contribution >= 4 is 35.2 Å². The molecule has 1 saturated heterocycles. The number of hydrogen-bond acceptors (Lipinski definition) is 6. The highest BCUT2D eigenvalue weighted by molar-refractivity contribution is 8.00. The van der Waals surface area contributed by atoms with Gasteiger partial charge in [0.1, 0.15) is 17.1 Å². The topological polar surface area (TPSA) is 77.9 Å². The Balaban J connectivity index is 1.38. The molecule has 1 spiro atoms. The standard InChI is InChI=1S/C21H18F3N5O2S/c22-21(23,24)32-15-3-1-14(2-4-15)29-18(30)20(6-7-20)28(19(29)31)12-13-5-8-25-16(11-13)17-26-9-10-27-17/h1-5,8,11H,6-7,9-10,12H2,(H,26,27). The second-order valence-corrected chi connectivity index (χ2v) is 8.93. The molecule has 2 fully saturated rings. The third-order valence-corrected chi connectivity index (χ3v) is 6.41. The van der Waals surface area contributed by atoms with E-state index in [2.05, 4.69) is 15.3 Å². The summed E-state index contributed by atoms with van der Waals surface area (Å²) < 4.78 is 37.8. The SMILES string of the molecule is O=C1N(c2ccc(SC(F)(F)F)cc2)C(=O)C2(CC2)N1Cc1ccnc(C2=NCCN2)c1. The van der Waals surface area contributed by atoms with Crippen LogP contribution in [0.4, 0.5) is 23.7 Å². The summed E-state index contributed by atoms with van der Waals surface area (Å²) in [6.45, 7) is 1.66. The number of alkyl halides is 3. The molecule has 166 valence electrons. The predicted molar refractivity (Wildman–Crippen MR) is 112 cm³/mol. The zero-order valence-corrected chi connectivity index (χ0v) is 17.5. The Labute approximate surface area is 185 Å². The van der Waals surface area contributed by atoms with Crippen LogP contribution in [0.25, 0.3) is 0 Å². The Morgan fingerprint density at radius 3 is 2.50 bits per heavy atom. The van der Waals surface area contributed by atoms with Gasteiger partial charge in [-0.2, -0.15) is 13.2 Å². The summed E-state index contributed by atoms with van der Waals surface area (Å²) in [5, 5.41) is 3.16. The number of thioether (sulfide) groups is 1. The van der Waals surface area contributed by atoms with Gasteiger partial charge in [-0.3, -0.25) is 14.8 Å². The zero-order chi connectivity index (χ0) is 22.5. The Hall–Kier alpha value is -3.08. The molecule has 0 atom stereocenters. The molecule has 3 aliphatic rings. The van der Waals surface area contributed by atoms with Gasteiger partial charge in [0.05, 0.1) is 12.2 Å². The normalized spacial score (nSPS) is 19.5. The number of hydrogen-bond donors (Lipinski definition) is 1. The number of rotatable bonds is 5. The summed E-state index contributed by atoms with van der Waals surface area (Å²) in [5.41, 5.74) is -3.53. The monoisotopic (exact) mass is 461 g/mol. The number of nitrogens with zero attached hydrogens (tertiary/aromatic N) is 4. The lowest BCUT2D eigenvalue weighted by molar-refractivity contribution is -0.120. The number of pyridine rings is 1. The summed E-state index contributed by atoms with van der Waals surface area (Å²) in [5.74, 6) is 0.366. The van der Waals surface area contributed by atoms with Crippen molar-refractivity contribution in [2.45, 2.75) is 35.3 Å². The van der Waals surface area contributed by atoms with Gasteiger partial charge in [-0.1, -0.05) is 0 Å². The van der Waals surface area contributed by atoms with Crippen molar-refractivity contribution in [2.24, 2.45) is 4.99 Å². The molecule has 3 heterocycles. The number of anilines is 1. The predicted octanol–water partition coefficient (Wildman–Crippen LogP) is 3.54. The number of carbonyl (C=O) groups is 2. The summed E-state index contributed by atoms with van der Waals surface area (Å²) in [6.07, 6.45) is 2.76. The molecule has 2 aliphatic heterocycles. The van der Waals surface area contributed by atoms with Crippen molar-refractivity contribution in [1.82, 2.24) is 15.2 Å². The molecule has 0 radical (unpaired) electrons. The number of benzene rings is 1. The highest BCUT2D eigenvalue weighted by atomic mass is 32.2. The fourth-order valence-electron chi connectivity index (χ4n) is 4.01. The second-order valence-electron chi connectivity index (χ2n) is 7.79. The van der Waals surface area contributed by atoms with E-state index in [0.29, 0.717) is 30.9 Å². The molecule has 32 heavy (non-hydrogen) atoms. The first-order chi connectivity index (χ1) is 15.3. The fourth-order valence-corrected chi connectivity index (χ4v) is 4.55. The van der Waals surface area contributed by atoms with Crippen molar-refractivity contribution in [3.63, 3.8) is 0 Å². The van der Waals surface area contributed by atoms with Crippen LogP contribution in [-0.2, 0) is 11.3 Å². The summed E-state index contributed by atoms with van der Waals surface area (Å²) in [7, 11) is 0. The van der Waals surface area contributed by atoms with Crippen LogP contribution in [0, 0.1) is 0 Å². The maximum absolute atomic E-state index is 13.2. The lowest BCUT2D eigenvalue weighted by Crippen LogP contribution is -2.36. The minimum absolute atomic E-state index is 0.00825. The average molecular weight is 461 g/mol. The van der Waals surface area contributed by atoms with Crippen LogP contribution >= 0.6 is 11.8 Å². The molecule has 1 saturated carbocycles. The number of nitrogens with one attached hydrogen (secondary N) is 1. The molecule has 5 rings (SSSR count). The van der Waals surface area contributed by atoms with E-state index in [9.17, 15) is 22.8 Å². The van der Waals surface area contributed by atoms with E-state index >= 15 is 0 Å². The van der Waals surface area contributed by atoms with Gasteiger partial charge in [-0.25, -0.2) is 9.69 Å². The highest BCUT2D eigenvalue weighted by Gasteiger charge is 2.65. The van der Waals surface area contributed by atoms with Gasteiger partial charge in [0, 0.05) is 24.2 Å². The number of amides is 3. The number of aromatic nitrogens is 1. The lowest BCUT2D eigenvalue weighted by Gasteiger charge is -2.21. The molecule has 11 heteroatoms. The summed E-state index contributed by atoms with van der Waals surface area (Å²) in [6, 6.07) is 8.44. The van der Waals surface area contributed by atoms with Crippen LogP contribution in [0.3, 0.4) is 0 Å². The Bertz CT molecular complexity index is 1120. The molecule has 1 N–H and O–H groups in total. The fraction of sp³-hybridized carbons (Fsp3) is 0.333. The van der Waals surface area contributed by atoms with Gasteiger partial charge in [0.2, 0.25) is 0 Å². The molecule has 2 aromatic rings. The van der Waals surface area contributed by atoms with Gasteiger partial charge in [-0.05, 0) is 66.6 Å². The Kier molecular flexibility index (Phi) is 4.88. The number of imide groups is 1. The maximum atomic E-state index is 13.2. The van der Waals surface area contributed by atoms with Crippen LogP contribution in [0.1, 0.15) is 24.1 Å². The molecule has 1 aromatic carbocycles. The van der Waals surface area contributed by atoms with E-state index in [-0.39, 0.29) is 34.8 Å². The van der Waals surface area contributed by atoms with E-state index in [0.717, 1.165) is 17.0 Å². The molecular weight excluding hydrogens is 443 g/mol. The van der Waals surface area contributed by atoms with Crippen molar-refractivity contribution in [2.75, 3.05) is 18.0 Å². The molecule has 0 bridgehead atoms. The van der Waals surface area contributed by atoms with Gasteiger partial charge in [-0.15, -0.1) is 0 Å². The number of urea groups is 1.